The van der Waals surface area contributed by atoms with Crippen LogP contribution in [-0.4, -0.2) is 36.6 Å². The summed E-state index contributed by atoms with van der Waals surface area (Å²) >= 11 is 0. The van der Waals surface area contributed by atoms with E-state index in [1.54, 1.807) is 6.20 Å². The Bertz CT molecular complexity index is 1220. The molecule has 1 aliphatic heterocycles. The number of H-pyrrole nitrogens is 1. The van der Waals surface area contributed by atoms with Crippen molar-refractivity contribution in [3.8, 4) is 28.4 Å². The highest BCUT2D eigenvalue weighted by atomic mass is 16.5. The van der Waals surface area contributed by atoms with E-state index in [1.165, 1.54) is 24.0 Å². The molecule has 0 radical (unpaired) electrons. The van der Waals surface area contributed by atoms with Crippen molar-refractivity contribution in [2.45, 2.75) is 38.1 Å². The predicted molar refractivity (Wildman–Crippen MR) is 112 cm³/mol. The highest BCUT2D eigenvalue weighted by molar-refractivity contribution is 5.67. The van der Waals surface area contributed by atoms with Crippen LogP contribution in [0.5, 0.6) is 5.75 Å². The SMILES string of the molecule is Cc1[nH]nnc1-c1ccnc(-c2cn(C[C@@H]3COc4ccc(C5CC5)cc43)cn2)c1. The van der Waals surface area contributed by atoms with Crippen LogP contribution in [0, 0.1) is 6.92 Å². The van der Waals surface area contributed by atoms with Gasteiger partial charge in [-0.15, -0.1) is 5.10 Å². The first-order chi connectivity index (χ1) is 14.7. The van der Waals surface area contributed by atoms with Crippen LogP contribution in [0.3, 0.4) is 0 Å². The third-order valence-corrected chi connectivity index (χ3v) is 6.05. The maximum atomic E-state index is 5.94. The van der Waals surface area contributed by atoms with Gasteiger partial charge in [-0.3, -0.25) is 10.1 Å². The quantitative estimate of drug-likeness (QED) is 0.548. The van der Waals surface area contributed by atoms with E-state index < -0.39 is 0 Å². The second-order valence-corrected chi connectivity index (χ2v) is 8.25. The number of pyridine rings is 1. The summed E-state index contributed by atoms with van der Waals surface area (Å²) in [6.45, 7) is 3.52. The van der Waals surface area contributed by atoms with Gasteiger partial charge in [0, 0.05) is 36.0 Å². The van der Waals surface area contributed by atoms with E-state index >= 15 is 0 Å². The van der Waals surface area contributed by atoms with Crippen LogP contribution in [-0.2, 0) is 6.54 Å². The van der Waals surface area contributed by atoms with Crippen LogP contribution in [0.4, 0.5) is 0 Å². The second kappa shape index (κ2) is 6.79. The van der Waals surface area contributed by atoms with Gasteiger partial charge in [-0.1, -0.05) is 17.3 Å². The molecule has 1 aliphatic carbocycles. The molecule has 4 aromatic rings. The van der Waals surface area contributed by atoms with Gasteiger partial charge in [-0.2, -0.15) is 0 Å². The third kappa shape index (κ3) is 3.07. The molecule has 1 fully saturated rings. The van der Waals surface area contributed by atoms with Gasteiger partial charge in [0.25, 0.3) is 0 Å². The lowest BCUT2D eigenvalue weighted by Crippen LogP contribution is -2.09. The molecule has 7 nitrogen and oxygen atoms in total. The molecule has 30 heavy (non-hydrogen) atoms. The molecule has 150 valence electrons. The first-order valence-electron chi connectivity index (χ1n) is 10.4. The van der Waals surface area contributed by atoms with Gasteiger partial charge < -0.3 is 9.30 Å². The van der Waals surface area contributed by atoms with Crippen LogP contribution in [0.2, 0.25) is 0 Å². The Morgan fingerprint density at radius 2 is 2.07 bits per heavy atom. The molecule has 0 unspecified atom stereocenters. The Balaban J connectivity index is 1.24. The summed E-state index contributed by atoms with van der Waals surface area (Å²) in [4.78, 5) is 9.11. The van der Waals surface area contributed by atoms with E-state index in [2.05, 4.69) is 54.3 Å². The molecular weight excluding hydrogens is 376 g/mol. The van der Waals surface area contributed by atoms with Crippen LogP contribution in [0.1, 0.15) is 41.5 Å². The van der Waals surface area contributed by atoms with Crippen molar-refractivity contribution in [3.05, 3.63) is 65.9 Å². The molecule has 0 saturated heterocycles. The van der Waals surface area contributed by atoms with E-state index in [9.17, 15) is 0 Å². The molecule has 0 spiro atoms. The van der Waals surface area contributed by atoms with Crippen LogP contribution in [0.15, 0.2) is 49.1 Å². The smallest absolute Gasteiger partial charge is 0.123 e. The maximum absolute atomic E-state index is 5.94. The van der Waals surface area contributed by atoms with Crippen molar-refractivity contribution in [3.63, 3.8) is 0 Å². The molecular formula is C23H22N6O. The van der Waals surface area contributed by atoms with Crippen molar-refractivity contribution >= 4 is 0 Å². The fraction of sp³-hybridized carbons (Fsp3) is 0.304. The normalized spacial score (nSPS) is 17.7. The number of benzene rings is 1. The van der Waals surface area contributed by atoms with Gasteiger partial charge in [-0.05, 0) is 49.4 Å². The number of rotatable bonds is 5. The molecule has 1 N–H and O–H groups in total. The average Bonchev–Trinajstić information content (AvgIpc) is 3.17. The molecule has 6 rings (SSSR count). The minimum Gasteiger partial charge on any atom is -0.493 e. The summed E-state index contributed by atoms with van der Waals surface area (Å²) in [5, 5.41) is 10.9. The van der Waals surface area contributed by atoms with Gasteiger partial charge in [0.05, 0.1) is 24.3 Å². The Morgan fingerprint density at radius 1 is 1.13 bits per heavy atom. The van der Waals surface area contributed by atoms with Gasteiger partial charge in [0.2, 0.25) is 0 Å². The maximum Gasteiger partial charge on any atom is 0.123 e. The number of imidazole rings is 1. The highest BCUT2D eigenvalue weighted by Gasteiger charge is 2.29. The lowest BCUT2D eigenvalue weighted by molar-refractivity contribution is 0.319. The first-order valence-corrected chi connectivity index (χ1v) is 10.4. The summed E-state index contributed by atoms with van der Waals surface area (Å²) in [6, 6.07) is 10.7. The first kappa shape index (κ1) is 17.4. The van der Waals surface area contributed by atoms with Crippen LogP contribution in [0.25, 0.3) is 22.6 Å². The minimum atomic E-state index is 0.345. The highest BCUT2D eigenvalue weighted by Crippen LogP contribution is 2.44. The predicted octanol–water partition coefficient (Wildman–Crippen LogP) is 4.09. The Labute approximate surface area is 174 Å². The number of ether oxygens (including phenoxy) is 1. The van der Waals surface area contributed by atoms with E-state index in [-0.39, 0.29) is 0 Å². The number of hydrogen-bond donors (Lipinski definition) is 1. The van der Waals surface area contributed by atoms with Gasteiger partial charge in [-0.25, -0.2) is 4.98 Å². The molecule has 1 saturated carbocycles. The van der Waals surface area contributed by atoms with Crippen molar-refractivity contribution < 1.29 is 4.74 Å². The van der Waals surface area contributed by atoms with Gasteiger partial charge >= 0.3 is 0 Å². The average molecular weight is 398 g/mol. The second-order valence-electron chi connectivity index (χ2n) is 8.25. The number of hydrogen-bond acceptors (Lipinski definition) is 5. The van der Waals surface area contributed by atoms with Gasteiger partial charge in [0.15, 0.2) is 0 Å². The number of fused-ring (bicyclic) bond motifs is 1. The molecule has 1 atom stereocenters. The van der Waals surface area contributed by atoms with E-state index in [0.29, 0.717) is 5.92 Å². The Morgan fingerprint density at radius 3 is 2.90 bits per heavy atom. The lowest BCUT2D eigenvalue weighted by atomic mass is 9.97. The third-order valence-electron chi connectivity index (χ3n) is 6.05. The number of aromatic nitrogens is 6. The van der Waals surface area contributed by atoms with Crippen LogP contribution < -0.4 is 4.74 Å². The monoisotopic (exact) mass is 398 g/mol. The number of nitrogens with one attached hydrogen (secondary N) is 1. The summed E-state index contributed by atoms with van der Waals surface area (Å²) in [7, 11) is 0. The van der Waals surface area contributed by atoms with E-state index in [4.69, 9.17) is 4.74 Å². The standard InChI is InChI=1S/C23H22N6O/c1-14-23(27-28-26-14)17-6-7-24-20(9-17)21-11-29(13-25-21)10-18-12-30-22-5-4-16(8-19(18)22)15-2-3-15/h4-9,11,13,15,18H,2-3,10,12H2,1H3,(H,26,27,28)/t18-/m1/s1. The number of nitrogens with zero attached hydrogens (tertiary/aromatic N) is 5. The molecule has 1 aromatic carbocycles. The van der Waals surface area contributed by atoms with E-state index in [0.717, 1.165) is 53.2 Å². The fourth-order valence-corrected chi connectivity index (χ4v) is 4.24. The van der Waals surface area contributed by atoms with Crippen molar-refractivity contribution in [1.82, 2.24) is 29.9 Å². The Kier molecular flexibility index (Phi) is 3.94. The number of aryl methyl sites for hydroxylation is 1. The van der Waals surface area contributed by atoms with Gasteiger partial charge in [0.1, 0.15) is 17.1 Å². The van der Waals surface area contributed by atoms with Crippen molar-refractivity contribution in [2.24, 2.45) is 0 Å². The molecule has 2 aliphatic rings. The molecule has 0 amide bonds. The zero-order valence-corrected chi connectivity index (χ0v) is 16.7. The lowest BCUT2D eigenvalue weighted by Gasteiger charge is -2.10. The summed E-state index contributed by atoms with van der Waals surface area (Å²) < 4.78 is 8.07. The van der Waals surface area contributed by atoms with Crippen molar-refractivity contribution in [1.29, 1.82) is 0 Å². The number of aromatic amines is 1. The topological polar surface area (TPSA) is 81.5 Å². The summed E-state index contributed by atoms with van der Waals surface area (Å²) in [5.74, 6) is 2.13. The molecule has 7 heteroatoms. The largest absolute Gasteiger partial charge is 0.493 e. The zero-order chi connectivity index (χ0) is 20.1. The summed E-state index contributed by atoms with van der Waals surface area (Å²) in [6.07, 6.45) is 8.36. The zero-order valence-electron chi connectivity index (χ0n) is 16.7. The fourth-order valence-electron chi connectivity index (χ4n) is 4.24. The minimum absolute atomic E-state index is 0.345. The molecule has 4 heterocycles. The molecule has 3 aromatic heterocycles. The Hall–Kier alpha value is -3.48. The molecule has 0 bridgehead atoms. The van der Waals surface area contributed by atoms with Crippen molar-refractivity contribution in [2.75, 3.05) is 6.61 Å². The summed E-state index contributed by atoms with van der Waals surface area (Å²) in [5.41, 5.74) is 7.21. The van der Waals surface area contributed by atoms with Crippen LogP contribution >= 0.6 is 0 Å². The van der Waals surface area contributed by atoms with E-state index in [1.807, 2.05) is 25.4 Å².